The molecule has 1 N–H and O–H groups in total. The average molecular weight is 430 g/mol. The summed E-state index contributed by atoms with van der Waals surface area (Å²) in [5, 5.41) is 2.96. The van der Waals surface area contributed by atoms with E-state index >= 15 is 0 Å². The number of aromatic nitrogens is 1. The normalized spacial score (nSPS) is 11.8. The zero-order chi connectivity index (χ0) is 22.9. The summed E-state index contributed by atoms with van der Waals surface area (Å²) >= 11 is 0. The average Bonchev–Trinajstić information content (AvgIpc) is 2.82. The smallest absolute Gasteiger partial charge is 0.249 e. The van der Waals surface area contributed by atoms with Gasteiger partial charge in [-0.05, 0) is 41.2 Å². The van der Waals surface area contributed by atoms with E-state index in [0.717, 1.165) is 28.8 Å². The van der Waals surface area contributed by atoms with Gasteiger partial charge in [-0.3, -0.25) is 14.6 Å². The Morgan fingerprint density at radius 1 is 0.906 bits per heavy atom. The first-order valence-electron chi connectivity index (χ1n) is 11.0. The monoisotopic (exact) mass is 429 g/mol. The molecule has 0 aliphatic heterocycles. The number of benzene rings is 2. The highest BCUT2D eigenvalue weighted by Gasteiger charge is 2.26. The number of pyridine rings is 1. The minimum atomic E-state index is -0.742. The third kappa shape index (κ3) is 6.51. The van der Waals surface area contributed by atoms with Crippen LogP contribution in [0.5, 0.6) is 0 Å². The van der Waals surface area contributed by atoms with Crippen molar-refractivity contribution in [3.05, 3.63) is 90.3 Å². The first kappa shape index (κ1) is 23.2. The molecule has 0 aliphatic rings. The molecule has 3 aromatic rings. The Morgan fingerprint density at radius 2 is 1.56 bits per heavy atom. The molecule has 0 spiro atoms. The van der Waals surface area contributed by atoms with Crippen molar-refractivity contribution in [2.24, 2.45) is 5.92 Å². The van der Waals surface area contributed by atoms with E-state index < -0.39 is 6.04 Å². The minimum Gasteiger partial charge on any atom is -0.341 e. The lowest BCUT2D eigenvalue weighted by atomic mass is 9.99. The Balaban J connectivity index is 1.81. The number of likely N-dealkylation sites (N-methyl/N-ethyl adjacent to an activating group) is 1. The SMILES string of the molecule is CC(C)CCC(=O)N[C@@H](C(=O)N(C)Cc1ccccn1)c1ccc(-c2ccccc2)cc1. The van der Waals surface area contributed by atoms with Crippen LogP contribution in [0.2, 0.25) is 0 Å². The molecule has 0 saturated heterocycles. The Hall–Kier alpha value is -3.47. The summed E-state index contributed by atoms with van der Waals surface area (Å²) in [4.78, 5) is 31.9. The van der Waals surface area contributed by atoms with Crippen molar-refractivity contribution in [1.29, 1.82) is 0 Å². The summed E-state index contributed by atoms with van der Waals surface area (Å²) in [6.45, 7) is 4.54. The zero-order valence-electron chi connectivity index (χ0n) is 19.0. The van der Waals surface area contributed by atoms with E-state index in [9.17, 15) is 9.59 Å². The van der Waals surface area contributed by atoms with Crippen molar-refractivity contribution in [2.75, 3.05) is 7.05 Å². The minimum absolute atomic E-state index is 0.115. The van der Waals surface area contributed by atoms with Crippen LogP contribution in [0.15, 0.2) is 79.0 Å². The van der Waals surface area contributed by atoms with Gasteiger partial charge in [0.25, 0.3) is 0 Å². The van der Waals surface area contributed by atoms with Gasteiger partial charge < -0.3 is 10.2 Å². The maximum atomic E-state index is 13.4. The topological polar surface area (TPSA) is 62.3 Å². The Bertz CT molecular complexity index is 1000. The van der Waals surface area contributed by atoms with E-state index in [-0.39, 0.29) is 11.8 Å². The highest BCUT2D eigenvalue weighted by molar-refractivity contribution is 5.88. The molecule has 2 amide bonds. The van der Waals surface area contributed by atoms with Crippen LogP contribution < -0.4 is 5.32 Å². The molecule has 166 valence electrons. The van der Waals surface area contributed by atoms with Gasteiger partial charge in [0.15, 0.2) is 0 Å². The lowest BCUT2D eigenvalue weighted by molar-refractivity contribution is -0.136. The van der Waals surface area contributed by atoms with Crippen molar-refractivity contribution >= 4 is 11.8 Å². The number of hydrogen-bond acceptors (Lipinski definition) is 3. The molecule has 0 aliphatic carbocycles. The number of nitrogens with one attached hydrogen (secondary N) is 1. The summed E-state index contributed by atoms with van der Waals surface area (Å²) in [5.74, 6) is 0.142. The summed E-state index contributed by atoms with van der Waals surface area (Å²) in [7, 11) is 1.74. The fourth-order valence-electron chi connectivity index (χ4n) is 3.47. The molecule has 0 unspecified atom stereocenters. The molecule has 0 radical (unpaired) electrons. The zero-order valence-corrected chi connectivity index (χ0v) is 19.0. The quantitative estimate of drug-likeness (QED) is 0.521. The number of amides is 2. The standard InChI is InChI=1S/C27H31N3O2/c1-20(2)12-17-25(31)29-26(27(32)30(3)19-24-11-7-8-18-28-24)23-15-13-22(14-16-23)21-9-5-4-6-10-21/h4-11,13-16,18,20,26H,12,17,19H2,1-3H3,(H,29,31)/t26-/m1/s1. The lowest BCUT2D eigenvalue weighted by Gasteiger charge is -2.25. The van der Waals surface area contributed by atoms with Gasteiger partial charge in [0.2, 0.25) is 11.8 Å². The van der Waals surface area contributed by atoms with Gasteiger partial charge >= 0.3 is 0 Å². The molecule has 2 aromatic carbocycles. The second kappa shape index (κ2) is 11.2. The highest BCUT2D eigenvalue weighted by Crippen LogP contribution is 2.23. The summed E-state index contributed by atoms with van der Waals surface area (Å²) < 4.78 is 0. The van der Waals surface area contributed by atoms with Gasteiger partial charge in [-0.25, -0.2) is 0 Å². The van der Waals surface area contributed by atoms with E-state index in [1.165, 1.54) is 0 Å². The first-order chi connectivity index (χ1) is 15.4. The van der Waals surface area contributed by atoms with Gasteiger partial charge in [0, 0.05) is 19.7 Å². The molecule has 5 nitrogen and oxygen atoms in total. The summed E-state index contributed by atoms with van der Waals surface area (Å²) in [5.41, 5.74) is 3.73. The third-order valence-corrected chi connectivity index (χ3v) is 5.35. The molecular formula is C27H31N3O2. The maximum Gasteiger partial charge on any atom is 0.249 e. The fraction of sp³-hybridized carbons (Fsp3) is 0.296. The number of carbonyl (C=O) groups excluding carboxylic acids is 2. The van der Waals surface area contributed by atoms with Crippen molar-refractivity contribution in [3.8, 4) is 11.1 Å². The van der Waals surface area contributed by atoms with Crippen LogP contribution in [0.4, 0.5) is 0 Å². The Kier molecular flexibility index (Phi) is 8.14. The fourth-order valence-corrected chi connectivity index (χ4v) is 3.47. The van der Waals surface area contributed by atoms with Gasteiger partial charge in [-0.1, -0.05) is 74.5 Å². The molecule has 0 fully saturated rings. The molecule has 1 heterocycles. The Labute approximate surface area is 190 Å². The second-order valence-corrected chi connectivity index (χ2v) is 8.44. The molecule has 32 heavy (non-hydrogen) atoms. The first-order valence-corrected chi connectivity index (χ1v) is 11.0. The van der Waals surface area contributed by atoms with E-state index in [4.69, 9.17) is 0 Å². The molecule has 0 bridgehead atoms. The molecule has 5 heteroatoms. The van der Waals surface area contributed by atoms with E-state index in [1.54, 1.807) is 18.1 Å². The van der Waals surface area contributed by atoms with Gasteiger partial charge in [0.05, 0.1) is 12.2 Å². The van der Waals surface area contributed by atoms with E-state index in [0.29, 0.717) is 18.9 Å². The number of hydrogen-bond donors (Lipinski definition) is 1. The van der Waals surface area contributed by atoms with Crippen molar-refractivity contribution in [1.82, 2.24) is 15.2 Å². The lowest BCUT2D eigenvalue weighted by Crippen LogP contribution is -2.41. The third-order valence-electron chi connectivity index (χ3n) is 5.35. The van der Waals surface area contributed by atoms with Crippen molar-refractivity contribution in [2.45, 2.75) is 39.3 Å². The predicted octanol–water partition coefficient (Wildman–Crippen LogP) is 5.00. The molecule has 1 atom stereocenters. The van der Waals surface area contributed by atoms with E-state index in [2.05, 4.69) is 24.1 Å². The van der Waals surface area contributed by atoms with E-state index in [1.807, 2.05) is 72.8 Å². The van der Waals surface area contributed by atoms with Gasteiger partial charge in [-0.2, -0.15) is 0 Å². The van der Waals surface area contributed by atoms with Crippen LogP contribution >= 0.6 is 0 Å². The van der Waals surface area contributed by atoms with Gasteiger partial charge in [-0.15, -0.1) is 0 Å². The van der Waals surface area contributed by atoms with Crippen LogP contribution in [0.1, 0.15) is 44.0 Å². The number of carbonyl (C=O) groups is 2. The molecule has 1 aromatic heterocycles. The highest BCUT2D eigenvalue weighted by atomic mass is 16.2. The predicted molar refractivity (Wildman–Crippen MR) is 128 cm³/mol. The van der Waals surface area contributed by atoms with Crippen molar-refractivity contribution < 1.29 is 9.59 Å². The van der Waals surface area contributed by atoms with Crippen LogP contribution in [-0.2, 0) is 16.1 Å². The number of nitrogens with zero attached hydrogens (tertiary/aromatic N) is 2. The number of rotatable bonds is 9. The molecular weight excluding hydrogens is 398 g/mol. The van der Waals surface area contributed by atoms with Crippen LogP contribution in [0.25, 0.3) is 11.1 Å². The molecule has 0 saturated carbocycles. The second-order valence-electron chi connectivity index (χ2n) is 8.44. The van der Waals surface area contributed by atoms with Crippen LogP contribution in [0.3, 0.4) is 0 Å². The van der Waals surface area contributed by atoms with Gasteiger partial charge in [0.1, 0.15) is 6.04 Å². The van der Waals surface area contributed by atoms with Crippen LogP contribution in [-0.4, -0.2) is 28.7 Å². The molecule has 3 rings (SSSR count). The maximum absolute atomic E-state index is 13.4. The Morgan fingerprint density at radius 3 is 2.19 bits per heavy atom. The summed E-state index contributed by atoms with van der Waals surface area (Å²) in [6.07, 6.45) is 2.89. The van der Waals surface area contributed by atoms with Crippen molar-refractivity contribution in [3.63, 3.8) is 0 Å². The van der Waals surface area contributed by atoms with Crippen LogP contribution in [0, 0.1) is 5.92 Å². The largest absolute Gasteiger partial charge is 0.341 e. The summed E-state index contributed by atoms with van der Waals surface area (Å²) in [6, 6.07) is 22.8.